The molecule has 7 rings (SSSR count). The number of rotatable bonds is 1. The maximum Gasteiger partial charge on any atom is 0.278 e. The average molecular weight is 551 g/mol. The molecule has 2 aromatic carbocycles. The van der Waals surface area contributed by atoms with Gasteiger partial charge in [-0.2, -0.15) is 0 Å². The standard InChI is InChI=1S/C28H24F2N4O4S/c1-28(2)17-5-3-4-15-22(14-6-7-18(29)21(30)16(14)12-32(23(15)17)27(28)39)34-20-13-38-11-10-31(20)26(37)24-25(36)19(35)8-9-33(24)34/h3-9,20,22,36H,10-13H2,1-2H3. The molecule has 5 heterocycles. The number of hydrogen-bond acceptors (Lipinski definition) is 6. The molecular weight excluding hydrogens is 526 g/mol. The van der Waals surface area contributed by atoms with Gasteiger partial charge < -0.3 is 19.6 Å². The molecule has 4 aliphatic rings. The second-order valence-corrected chi connectivity index (χ2v) is 11.1. The fourth-order valence-corrected chi connectivity index (χ4v) is 6.72. The summed E-state index contributed by atoms with van der Waals surface area (Å²) in [5, 5.41) is 12.6. The van der Waals surface area contributed by atoms with E-state index in [2.05, 4.69) is 0 Å². The number of pyridine rings is 1. The van der Waals surface area contributed by atoms with Crippen molar-refractivity contribution in [2.75, 3.05) is 29.7 Å². The van der Waals surface area contributed by atoms with E-state index < -0.39 is 46.3 Å². The Hall–Kier alpha value is -3.83. The number of aromatic hydroxyl groups is 1. The van der Waals surface area contributed by atoms with Crippen LogP contribution in [0.2, 0.25) is 0 Å². The van der Waals surface area contributed by atoms with Crippen LogP contribution in [0.5, 0.6) is 5.75 Å². The largest absolute Gasteiger partial charge is 0.502 e. The van der Waals surface area contributed by atoms with E-state index in [-0.39, 0.29) is 37.6 Å². The van der Waals surface area contributed by atoms with Crippen LogP contribution in [0.25, 0.3) is 0 Å². The third-order valence-corrected chi connectivity index (χ3v) is 9.10. The molecule has 200 valence electrons. The van der Waals surface area contributed by atoms with E-state index in [1.807, 2.05) is 42.0 Å². The van der Waals surface area contributed by atoms with Crippen LogP contribution in [0.4, 0.5) is 14.5 Å². The van der Waals surface area contributed by atoms with Crippen molar-refractivity contribution in [1.82, 2.24) is 9.58 Å². The van der Waals surface area contributed by atoms with Crippen molar-refractivity contribution in [3.8, 4) is 5.75 Å². The molecule has 2 atom stereocenters. The van der Waals surface area contributed by atoms with Crippen molar-refractivity contribution in [3.05, 3.63) is 92.4 Å². The number of nitrogens with zero attached hydrogens (tertiary/aromatic N) is 4. The minimum absolute atomic E-state index is 0.0294. The number of morpholine rings is 1. The van der Waals surface area contributed by atoms with Crippen LogP contribution in [0.3, 0.4) is 0 Å². The Labute approximate surface area is 227 Å². The Morgan fingerprint density at radius 3 is 2.69 bits per heavy atom. The van der Waals surface area contributed by atoms with Crippen LogP contribution in [-0.4, -0.2) is 51.5 Å². The number of thiocarbonyl (C=S) groups is 1. The Kier molecular flexibility index (Phi) is 5.03. The lowest BCUT2D eigenvalue weighted by Gasteiger charge is -2.51. The van der Waals surface area contributed by atoms with E-state index in [1.165, 1.54) is 16.9 Å². The van der Waals surface area contributed by atoms with Crippen LogP contribution in [0.1, 0.15) is 52.6 Å². The van der Waals surface area contributed by atoms with Gasteiger partial charge in [-0.3, -0.25) is 19.3 Å². The zero-order chi connectivity index (χ0) is 27.4. The molecule has 4 aliphatic heterocycles. The number of aromatic nitrogens is 1. The van der Waals surface area contributed by atoms with Crippen molar-refractivity contribution in [2.45, 2.75) is 38.0 Å². The fraction of sp³-hybridized carbons (Fsp3) is 0.321. The molecule has 1 N–H and O–H groups in total. The predicted octanol–water partition coefficient (Wildman–Crippen LogP) is 3.31. The number of amides is 1. The van der Waals surface area contributed by atoms with Crippen molar-refractivity contribution < 1.29 is 23.4 Å². The number of hydrogen-bond donors (Lipinski definition) is 1. The van der Waals surface area contributed by atoms with Crippen LogP contribution < -0.4 is 15.3 Å². The van der Waals surface area contributed by atoms with Crippen molar-refractivity contribution in [2.24, 2.45) is 0 Å². The Bertz CT molecular complexity index is 1670. The van der Waals surface area contributed by atoms with Crippen LogP contribution in [0, 0.1) is 11.6 Å². The summed E-state index contributed by atoms with van der Waals surface area (Å²) < 4.78 is 37.6. The second kappa shape index (κ2) is 8.09. The first-order valence-corrected chi connectivity index (χ1v) is 13.1. The number of para-hydroxylation sites is 1. The van der Waals surface area contributed by atoms with Crippen molar-refractivity contribution in [1.29, 1.82) is 0 Å². The first-order chi connectivity index (χ1) is 18.6. The Balaban J connectivity index is 1.58. The zero-order valence-electron chi connectivity index (χ0n) is 21.1. The molecule has 1 aromatic heterocycles. The van der Waals surface area contributed by atoms with Crippen LogP contribution >= 0.6 is 12.2 Å². The fourth-order valence-electron chi connectivity index (χ4n) is 6.46. The number of fused-ring (bicyclic) bond motifs is 3. The summed E-state index contributed by atoms with van der Waals surface area (Å²) >= 11 is 5.89. The quantitative estimate of drug-likeness (QED) is 0.466. The first kappa shape index (κ1) is 24.2. The van der Waals surface area contributed by atoms with E-state index in [9.17, 15) is 19.1 Å². The molecule has 8 nitrogen and oxygen atoms in total. The highest BCUT2D eigenvalue weighted by Gasteiger charge is 2.50. The molecule has 0 aliphatic carbocycles. The maximum absolute atomic E-state index is 15.6. The van der Waals surface area contributed by atoms with E-state index in [0.717, 1.165) is 22.9 Å². The molecule has 0 saturated carbocycles. The number of carbonyl (C=O) groups is 1. The minimum atomic E-state index is -0.971. The summed E-state index contributed by atoms with van der Waals surface area (Å²) in [7, 11) is 0. The molecule has 1 fully saturated rings. The molecular formula is C28H24F2N4O4S. The smallest absolute Gasteiger partial charge is 0.278 e. The molecule has 2 unspecified atom stereocenters. The van der Waals surface area contributed by atoms with Gasteiger partial charge in [-0.1, -0.05) is 36.5 Å². The SMILES string of the molecule is CC1(C)C(=S)N2Cc3c(ccc(F)c3F)C(N3C4COCCN4C(=O)c4c(O)c(=O)ccn43)c3cccc1c32. The molecule has 0 spiro atoms. The molecule has 0 radical (unpaired) electrons. The van der Waals surface area contributed by atoms with E-state index in [1.54, 1.807) is 11.0 Å². The number of ether oxygens (including phenoxy) is 1. The topological polar surface area (TPSA) is 78.2 Å². The Morgan fingerprint density at radius 1 is 1.10 bits per heavy atom. The number of benzene rings is 2. The number of carbonyl (C=O) groups excluding carboxylic acids is 1. The third-order valence-electron chi connectivity index (χ3n) is 8.37. The predicted molar refractivity (Wildman–Crippen MR) is 143 cm³/mol. The monoisotopic (exact) mass is 550 g/mol. The number of halogens is 2. The van der Waals surface area contributed by atoms with Gasteiger partial charge in [-0.25, -0.2) is 8.78 Å². The molecule has 11 heteroatoms. The molecule has 1 amide bonds. The maximum atomic E-state index is 15.6. The first-order valence-electron chi connectivity index (χ1n) is 12.7. The highest BCUT2D eigenvalue weighted by Crippen LogP contribution is 2.52. The molecule has 1 saturated heterocycles. The lowest BCUT2D eigenvalue weighted by molar-refractivity contribution is -0.0196. The van der Waals surface area contributed by atoms with Gasteiger partial charge in [-0.15, -0.1) is 0 Å². The van der Waals surface area contributed by atoms with Gasteiger partial charge >= 0.3 is 0 Å². The van der Waals surface area contributed by atoms with E-state index in [0.29, 0.717) is 10.6 Å². The summed E-state index contributed by atoms with van der Waals surface area (Å²) in [4.78, 5) is 30.0. The summed E-state index contributed by atoms with van der Waals surface area (Å²) in [5.41, 5.74) is 1.76. The van der Waals surface area contributed by atoms with Gasteiger partial charge in [-0.05, 0) is 31.0 Å². The second-order valence-electron chi connectivity index (χ2n) is 10.7. The van der Waals surface area contributed by atoms with Gasteiger partial charge in [0, 0.05) is 35.3 Å². The zero-order valence-corrected chi connectivity index (χ0v) is 22.0. The minimum Gasteiger partial charge on any atom is -0.502 e. The van der Waals surface area contributed by atoms with Gasteiger partial charge in [0.1, 0.15) is 12.2 Å². The highest BCUT2D eigenvalue weighted by molar-refractivity contribution is 7.80. The number of anilines is 1. The molecule has 39 heavy (non-hydrogen) atoms. The van der Waals surface area contributed by atoms with E-state index >= 15 is 4.39 Å². The highest BCUT2D eigenvalue weighted by atomic mass is 32.1. The van der Waals surface area contributed by atoms with Gasteiger partial charge in [0.25, 0.3) is 5.91 Å². The summed E-state index contributed by atoms with van der Waals surface area (Å²) in [5.74, 6) is -3.11. The van der Waals surface area contributed by atoms with Gasteiger partial charge in [0.05, 0.1) is 30.4 Å². The average Bonchev–Trinajstić information content (AvgIpc) is 3.03. The molecule has 0 bridgehead atoms. The normalized spacial score (nSPS) is 22.7. The van der Waals surface area contributed by atoms with E-state index in [4.69, 9.17) is 17.0 Å². The third kappa shape index (κ3) is 3.08. The van der Waals surface area contributed by atoms with Crippen LogP contribution in [-0.2, 0) is 16.7 Å². The lowest BCUT2D eigenvalue weighted by atomic mass is 9.84. The van der Waals surface area contributed by atoms with Gasteiger partial charge in [0.2, 0.25) is 5.43 Å². The van der Waals surface area contributed by atoms with Crippen molar-refractivity contribution >= 4 is 28.8 Å². The molecule has 3 aromatic rings. The van der Waals surface area contributed by atoms with Crippen LogP contribution in [0.15, 0.2) is 47.4 Å². The summed E-state index contributed by atoms with van der Waals surface area (Å²) in [6.45, 7) is 4.69. The van der Waals surface area contributed by atoms with Gasteiger partial charge in [0.15, 0.2) is 23.1 Å². The van der Waals surface area contributed by atoms with Crippen molar-refractivity contribution in [3.63, 3.8) is 0 Å². The Morgan fingerprint density at radius 2 is 1.90 bits per heavy atom. The lowest BCUT2D eigenvalue weighted by Crippen LogP contribution is -2.66. The summed E-state index contributed by atoms with van der Waals surface area (Å²) in [6, 6.07) is 8.90. The summed E-state index contributed by atoms with van der Waals surface area (Å²) in [6.07, 6.45) is 0.775.